The van der Waals surface area contributed by atoms with Gasteiger partial charge in [0.25, 0.3) is 0 Å². The Balaban J connectivity index is 1.44. The highest BCUT2D eigenvalue weighted by Crippen LogP contribution is 2.71. The van der Waals surface area contributed by atoms with Crippen LogP contribution in [0.3, 0.4) is 0 Å². The largest absolute Gasteiger partial charge is 0.454 e. The van der Waals surface area contributed by atoms with Gasteiger partial charge in [-0.3, -0.25) is 0 Å². The molecule has 1 aliphatic heterocycles. The molecule has 0 saturated heterocycles. The zero-order valence-corrected chi connectivity index (χ0v) is 13.1. The molecule has 0 amide bonds. The highest BCUT2D eigenvalue weighted by Gasteiger charge is 2.68. The third kappa shape index (κ3) is 1.97. The SMILES string of the molecule is CC(C)C12CCC(C)(OCc3ccc4c(c3)OCO4)C1C2. The molecule has 0 spiro atoms. The number of hydrogen-bond acceptors (Lipinski definition) is 3. The number of ether oxygens (including phenoxy) is 3. The molecule has 3 aliphatic rings. The van der Waals surface area contributed by atoms with Gasteiger partial charge in [0, 0.05) is 0 Å². The van der Waals surface area contributed by atoms with Gasteiger partial charge in [0.05, 0.1) is 12.2 Å². The fraction of sp³-hybridized carbons (Fsp3) is 0.667. The van der Waals surface area contributed by atoms with Crippen LogP contribution in [-0.2, 0) is 11.3 Å². The van der Waals surface area contributed by atoms with Crippen LogP contribution in [-0.4, -0.2) is 12.4 Å². The van der Waals surface area contributed by atoms with Crippen molar-refractivity contribution in [2.45, 2.75) is 52.2 Å². The van der Waals surface area contributed by atoms with Crippen LogP contribution in [0, 0.1) is 17.3 Å². The first kappa shape index (κ1) is 13.4. The molecule has 1 heterocycles. The lowest BCUT2D eigenvalue weighted by Gasteiger charge is -2.27. The van der Waals surface area contributed by atoms with Crippen LogP contribution < -0.4 is 9.47 Å². The lowest BCUT2D eigenvalue weighted by atomic mass is 9.90. The number of fused-ring (bicyclic) bond motifs is 2. The van der Waals surface area contributed by atoms with Crippen molar-refractivity contribution in [2.75, 3.05) is 6.79 Å². The molecule has 21 heavy (non-hydrogen) atoms. The van der Waals surface area contributed by atoms with E-state index in [1.165, 1.54) is 24.8 Å². The first-order valence-electron chi connectivity index (χ1n) is 8.06. The topological polar surface area (TPSA) is 27.7 Å². The second kappa shape index (κ2) is 4.39. The number of hydrogen-bond donors (Lipinski definition) is 0. The monoisotopic (exact) mass is 288 g/mol. The van der Waals surface area contributed by atoms with E-state index < -0.39 is 0 Å². The van der Waals surface area contributed by atoms with Crippen molar-refractivity contribution in [1.82, 2.24) is 0 Å². The Hall–Kier alpha value is -1.22. The van der Waals surface area contributed by atoms with E-state index in [2.05, 4.69) is 26.8 Å². The highest BCUT2D eigenvalue weighted by atomic mass is 16.7. The molecule has 3 nitrogen and oxygen atoms in total. The minimum absolute atomic E-state index is 0.0562. The predicted octanol–water partition coefficient (Wildman–Crippen LogP) is 4.15. The molecule has 0 radical (unpaired) electrons. The molecular formula is C18H24O3. The minimum Gasteiger partial charge on any atom is -0.454 e. The van der Waals surface area contributed by atoms with Crippen molar-refractivity contribution in [3.05, 3.63) is 23.8 Å². The summed E-state index contributed by atoms with van der Waals surface area (Å²) in [7, 11) is 0. The van der Waals surface area contributed by atoms with Crippen molar-refractivity contribution in [2.24, 2.45) is 17.3 Å². The molecule has 114 valence electrons. The van der Waals surface area contributed by atoms with Crippen LogP contribution in [0.4, 0.5) is 0 Å². The maximum atomic E-state index is 6.37. The minimum atomic E-state index is 0.0562. The van der Waals surface area contributed by atoms with Crippen molar-refractivity contribution >= 4 is 0 Å². The van der Waals surface area contributed by atoms with Crippen LogP contribution in [0.15, 0.2) is 18.2 Å². The molecule has 1 aromatic rings. The van der Waals surface area contributed by atoms with E-state index in [0.29, 0.717) is 18.8 Å². The third-order valence-corrected chi connectivity index (χ3v) is 6.10. The third-order valence-electron chi connectivity index (χ3n) is 6.10. The van der Waals surface area contributed by atoms with Crippen LogP contribution in [0.5, 0.6) is 11.5 Å². The van der Waals surface area contributed by atoms with Gasteiger partial charge >= 0.3 is 0 Å². The summed E-state index contributed by atoms with van der Waals surface area (Å²) in [5, 5.41) is 0. The lowest BCUT2D eigenvalue weighted by Crippen LogP contribution is -2.29. The normalized spacial score (nSPS) is 36.1. The maximum Gasteiger partial charge on any atom is 0.231 e. The summed E-state index contributed by atoms with van der Waals surface area (Å²) in [6.07, 6.45) is 3.87. The molecule has 3 heteroatoms. The fourth-order valence-electron chi connectivity index (χ4n) is 4.45. The van der Waals surface area contributed by atoms with E-state index in [1.807, 2.05) is 12.1 Å². The molecule has 0 bridgehead atoms. The van der Waals surface area contributed by atoms with Crippen molar-refractivity contribution < 1.29 is 14.2 Å². The summed E-state index contributed by atoms with van der Waals surface area (Å²) in [4.78, 5) is 0. The summed E-state index contributed by atoms with van der Waals surface area (Å²) in [5.41, 5.74) is 1.80. The molecule has 3 atom stereocenters. The van der Waals surface area contributed by atoms with E-state index in [0.717, 1.165) is 23.3 Å². The molecule has 1 aromatic carbocycles. The Morgan fingerprint density at radius 2 is 2.05 bits per heavy atom. The number of rotatable bonds is 4. The fourth-order valence-corrected chi connectivity index (χ4v) is 4.45. The Bertz CT molecular complexity index is 568. The van der Waals surface area contributed by atoms with Gasteiger partial charge in [0.2, 0.25) is 6.79 Å². The Morgan fingerprint density at radius 3 is 2.76 bits per heavy atom. The molecule has 2 saturated carbocycles. The quantitative estimate of drug-likeness (QED) is 0.833. The predicted molar refractivity (Wildman–Crippen MR) is 80.4 cm³/mol. The van der Waals surface area contributed by atoms with E-state index in [9.17, 15) is 0 Å². The van der Waals surface area contributed by atoms with Gasteiger partial charge in [0.15, 0.2) is 11.5 Å². The Kier molecular flexibility index (Phi) is 2.81. The van der Waals surface area contributed by atoms with E-state index in [4.69, 9.17) is 14.2 Å². The van der Waals surface area contributed by atoms with Crippen LogP contribution in [0.2, 0.25) is 0 Å². The molecule has 3 unspecified atom stereocenters. The average molecular weight is 288 g/mol. The molecule has 4 rings (SSSR count). The molecular weight excluding hydrogens is 264 g/mol. The summed E-state index contributed by atoms with van der Waals surface area (Å²) in [6, 6.07) is 6.10. The second-order valence-electron chi connectivity index (χ2n) is 7.43. The van der Waals surface area contributed by atoms with Gasteiger partial charge in [0.1, 0.15) is 0 Å². The van der Waals surface area contributed by atoms with Crippen molar-refractivity contribution in [3.63, 3.8) is 0 Å². The van der Waals surface area contributed by atoms with Crippen molar-refractivity contribution in [3.8, 4) is 11.5 Å². The molecule has 2 aliphatic carbocycles. The first-order chi connectivity index (χ1) is 10.0. The van der Waals surface area contributed by atoms with Gasteiger partial charge in [-0.25, -0.2) is 0 Å². The van der Waals surface area contributed by atoms with E-state index in [1.54, 1.807) is 0 Å². The van der Waals surface area contributed by atoms with E-state index >= 15 is 0 Å². The summed E-state index contributed by atoms with van der Waals surface area (Å²) >= 11 is 0. The first-order valence-corrected chi connectivity index (χ1v) is 8.06. The zero-order chi connectivity index (χ0) is 14.7. The maximum absolute atomic E-state index is 6.37. The summed E-state index contributed by atoms with van der Waals surface area (Å²) in [6.45, 7) is 8.03. The van der Waals surface area contributed by atoms with Gasteiger partial charge in [-0.2, -0.15) is 0 Å². The van der Waals surface area contributed by atoms with E-state index in [-0.39, 0.29) is 5.60 Å². The average Bonchev–Trinajstić information content (AvgIpc) is 2.93. The lowest BCUT2D eigenvalue weighted by molar-refractivity contribution is -0.0552. The highest BCUT2D eigenvalue weighted by molar-refractivity contribution is 5.44. The Labute approximate surface area is 126 Å². The standard InChI is InChI=1S/C18H24O3/c1-12(2)18-7-6-17(3,16(18)9-18)21-10-13-4-5-14-15(8-13)20-11-19-14/h4-5,8,12,16H,6-7,9-11H2,1-3H3. The molecule has 0 N–H and O–H groups in total. The van der Waals surface area contributed by atoms with Gasteiger partial charge in [-0.05, 0) is 61.1 Å². The smallest absolute Gasteiger partial charge is 0.231 e. The molecule has 0 aromatic heterocycles. The number of benzene rings is 1. The van der Waals surface area contributed by atoms with Crippen LogP contribution in [0.1, 0.15) is 45.6 Å². The van der Waals surface area contributed by atoms with Gasteiger partial charge < -0.3 is 14.2 Å². The summed E-state index contributed by atoms with van der Waals surface area (Å²) < 4.78 is 17.2. The molecule has 2 fully saturated rings. The summed E-state index contributed by atoms with van der Waals surface area (Å²) in [5.74, 6) is 3.21. The zero-order valence-electron chi connectivity index (χ0n) is 13.1. The van der Waals surface area contributed by atoms with Crippen LogP contribution >= 0.6 is 0 Å². The van der Waals surface area contributed by atoms with Gasteiger partial charge in [-0.1, -0.05) is 19.9 Å². The van der Waals surface area contributed by atoms with Gasteiger partial charge in [-0.15, -0.1) is 0 Å². The van der Waals surface area contributed by atoms with Crippen molar-refractivity contribution in [1.29, 1.82) is 0 Å². The Morgan fingerprint density at radius 1 is 1.24 bits per heavy atom. The van der Waals surface area contributed by atoms with Crippen LogP contribution in [0.25, 0.3) is 0 Å². The second-order valence-corrected chi connectivity index (χ2v) is 7.43.